The topological polar surface area (TPSA) is 80.0 Å². The highest BCUT2D eigenvalue weighted by molar-refractivity contribution is 14.0. The summed E-state index contributed by atoms with van der Waals surface area (Å²) in [6.07, 6.45) is -2.93. The predicted molar refractivity (Wildman–Crippen MR) is 116 cm³/mol. The van der Waals surface area contributed by atoms with Crippen molar-refractivity contribution in [2.24, 2.45) is 10.7 Å². The van der Waals surface area contributed by atoms with Gasteiger partial charge in [-0.3, -0.25) is 4.79 Å². The molecule has 2 aromatic rings. The van der Waals surface area contributed by atoms with Crippen LogP contribution in [0.15, 0.2) is 53.5 Å². The molecule has 0 atom stereocenters. The first-order chi connectivity index (χ1) is 13.3. The Hall–Kier alpha value is -2.50. The van der Waals surface area contributed by atoms with Crippen LogP contribution in [-0.2, 0) is 11.2 Å². The molecule has 1 aliphatic heterocycles. The largest absolute Gasteiger partial charge is 0.573 e. The van der Waals surface area contributed by atoms with Crippen molar-refractivity contribution in [1.29, 1.82) is 0 Å². The molecular formula is C19H20F3IN4O2. The molecule has 3 N–H and O–H groups in total. The third-order valence-electron chi connectivity index (χ3n) is 4.16. The Labute approximate surface area is 182 Å². The summed E-state index contributed by atoms with van der Waals surface area (Å²) in [6.45, 7) is 0.488. The van der Waals surface area contributed by atoms with Gasteiger partial charge in [0.2, 0.25) is 5.91 Å². The van der Waals surface area contributed by atoms with Crippen molar-refractivity contribution >= 4 is 47.2 Å². The summed E-state index contributed by atoms with van der Waals surface area (Å²) < 4.78 is 40.3. The summed E-state index contributed by atoms with van der Waals surface area (Å²) in [7, 11) is 0. The lowest BCUT2D eigenvalue weighted by Gasteiger charge is -2.29. The van der Waals surface area contributed by atoms with Crippen LogP contribution in [0.1, 0.15) is 12.0 Å². The van der Waals surface area contributed by atoms with Crippen molar-refractivity contribution in [3.63, 3.8) is 0 Å². The predicted octanol–water partition coefficient (Wildman–Crippen LogP) is 3.91. The number of fused-ring (bicyclic) bond motifs is 1. The number of nitrogens with zero attached hydrogens (tertiary/aromatic N) is 2. The number of hydrogen-bond donors (Lipinski definition) is 2. The number of rotatable bonds is 4. The zero-order valence-corrected chi connectivity index (χ0v) is 17.6. The van der Waals surface area contributed by atoms with Crippen LogP contribution in [0.5, 0.6) is 5.75 Å². The van der Waals surface area contributed by atoms with Crippen LogP contribution in [0.25, 0.3) is 0 Å². The van der Waals surface area contributed by atoms with E-state index in [0.29, 0.717) is 12.2 Å². The molecule has 0 bridgehead atoms. The van der Waals surface area contributed by atoms with Crippen molar-refractivity contribution in [1.82, 2.24) is 0 Å². The molecule has 6 nitrogen and oxygen atoms in total. The van der Waals surface area contributed by atoms with Crippen molar-refractivity contribution in [3.05, 3.63) is 54.1 Å². The van der Waals surface area contributed by atoms with Gasteiger partial charge >= 0.3 is 6.36 Å². The van der Waals surface area contributed by atoms with E-state index in [4.69, 9.17) is 5.73 Å². The fourth-order valence-electron chi connectivity index (χ4n) is 2.96. The molecule has 0 radical (unpaired) electrons. The Morgan fingerprint density at radius 3 is 2.55 bits per heavy atom. The maximum Gasteiger partial charge on any atom is 0.573 e. The third-order valence-corrected chi connectivity index (χ3v) is 4.16. The molecule has 10 heteroatoms. The molecule has 29 heavy (non-hydrogen) atoms. The number of aliphatic imine (C=N–C) groups is 1. The molecule has 1 aliphatic rings. The van der Waals surface area contributed by atoms with Gasteiger partial charge < -0.3 is 20.7 Å². The zero-order chi connectivity index (χ0) is 20.1. The molecule has 1 heterocycles. The quantitative estimate of drug-likeness (QED) is 0.364. The van der Waals surface area contributed by atoms with Crippen LogP contribution < -0.4 is 20.7 Å². The van der Waals surface area contributed by atoms with Gasteiger partial charge in [-0.1, -0.05) is 18.2 Å². The SMILES string of the molecule is I.NC(=NCC(=O)N1CCCc2ccccc21)Nc1ccc(OC(F)(F)F)cc1. The average molecular weight is 520 g/mol. The van der Waals surface area contributed by atoms with E-state index >= 15 is 0 Å². The van der Waals surface area contributed by atoms with Crippen LogP contribution in [-0.4, -0.2) is 31.3 Å². The summed E-state index contributed by atoms with van der Waals surface area (Å²) in [5.74, 6) is -0.526. The van der Waals surface area contributed by atoms with Gasteiger partial charge in [0, 0.05) is 17.9 Å². The van der Waals surface area contributed by atoms with Crippen molar-refractivity contribution in [3.8, 4) is 5.75 Å². The van der Waals surface area contributed by atoms with Gasteiger partial charge in [0.25, 0.3) is 0 Å². The number of carbonyl (C=O) groups is 1. The highest BCUT2D eigenvalue weighted by atomic mass is 127. The summed E-state index contributed by atoms with van der Waals surface area (Å²) in [5, 5.41) is 2.73. The first kappa shape index (κ1) is 22.8. The number of amides is 1. The number of carbonyl (C=O) groups excluding carboxylic acids is 1. The van der Waals surface area contributed by atoms with Gasteiger partial charge in [-0.25, -0.2) is 4.99 Å². The molecule has 2 aromatic carbocycles. The Bertz CT molecular complexity index is 873. The standard InChI is InChI=1S/C19H19F3N4O2.HI/c20-19(21,22)28-15-9-7-14(8-10-15)25-18(23)24-12-17(27)26-11-3-5-13-4-1-2-6-16(13)26;/h1-2,4,6-10H,3,5,11-12H2,(H3,23,24,25);1H. The lowest BCUT2D eigenvalue weighted by Crippen LogP contribution is -2.37. The number of hydrogen-bond acceptors (Lipinski definition) is 3. The first-order valence-corrected chi connectivity index (χ1v) is 8.63. The Balaban J connectivity index is 0.00000300. The van der Waals surface area contributed by atoms with E-state index < -0.39 is 6.36 Å². The number of anilines is 2. The van der Waals surface area contributed by atoms with Crippen LogP contribution in [0.2, 0.25) is 0 Å². The second kappa shape index (κ2) is 9.81. The van der Waals surface area contributed by atoms with Crippen LogP contribution in [0.3, 0.4) is 0 Å². The van der Waals surface area contributed by atoms with Gasteiger partial charge in [-0.15, -0.1) is 37.1 Å². The minimum absolute atomic E-state index is 0. The molecule has 156 valence electrons. The lowest BCUT2D eigenvalue weighted by atomic mass is 10.0. The van der Waals surface area contributed by atoms with Crippen LogP contribution in [0.4, 0.5) is 24.5 Å². The normalized spacial score (nSPS) is 13.9. The smallest absolute Gasteiger partial charge is 0.406 e. The molecule has 0 spiro atoms. The highest BCUT2D eigenvalue weighted by Crippen LogP contribution is 2.27. The average Bonchev–Trinajstić information content (AvgIpc) is 2.66. The van der Waals surface area contributed by atoms with E-state index in [2.05, 4.69) is 15.0 Å². The maximum atomic E-state index is 12.5. The van der Waals surface area contributed by atoms with Gasteiger partial charge in [0.15, 0.2) is 5.96 Å². The number of halogens is 4. The summed E-state index contributed by atoms with van der Waals surface area (Å²) >= 11 is 0. The number of aryl methyl sites for hydroxylation is 1. The van der Waals surface area contributed by atoms with Gasteiger partial charge in [0.05, 0.1) is 0 Å². The maximum absolute atomic E-state index is 12.5. The minimum Gasteiger partial charge on any atom is -0.406 e. The number of guanidine groups is 1. The van der Waals surface area contributed by atoms with Gasteiger partial charge in [-0.05, 0) is 48.7 Å². The van der Waals surface area contributed by atoms with Crippen LogP contribution in [0, 0.1) is 0 Å². The molecule has 3 rings (SSSR count). The molecule has 0 aromatic heterocycles. The number of para-hydroxylation sites is 1. The van der Waals surface area contributed by atoms with Gasteiger partial charge in [0.1, 0.15) is 12.3 Å². The summed E-state index contributed by atoms with van der Waals surface area (Å²) in [5.41, 5.74) is 8.21. The number of benzene rings is 2. The zero-order valence-electron chi connectivity index (χ0n) is 15.3. The third kappa shape index (κ3) is 6.51. The number of alkyl halides is 3. The fraction of sp³-hybridized carbons (Fsp3) is 0.263. The van der Waals surface area contributed by atoms with Crippen molar-refractivity contribution in [2.45, 2.75) is 19.2 Å². The second-order valence-electron chi connectivity index (χ2n) is 6.18. The molecule has 1 amide bonds. The monoisotopic (exact) mass is 520 g/mol. The van der Waals surface area contributed by atoms with Crippen molar-refractivity contribution < 1.29 is 22.7 Å². The Kier molecular flexibility index (Phi) is 7.71. The van der Waals surface area contributed by atoms with Crippen molar-refractivity contribution in [2.75, 3.05) is 23.3 Å². The summed E-state index contributed by atoms with van der Waals surface area (Å²) in [4.78, 5) is 18.2. The number of ether oxygens (including phenoxy) is 1. The molecule has 0 aliphatic carbocycles. The Morgan fingerprint density at radius 2 is 1.86 bits per heavy atom. The van der Waals surface area contributed by atoms with E-state index in [9.17, 15) is 18.0 Å². The van der Waals surface area contributed by atoms with E-state index in [0.717, 1.165) is 36.2 Å². The summed E-state index contributed by atoms with van der Waals surface area (Å²) in [6, 6.07) is 12.8. The highest BCUT2D eigenvalue weighted by Gasteiger charge is 2.31. The molecule has 0 saturated heterocycles. The second-order valence-corrected chi connectivity index (χ2v) is 6.18. The number of nitrogens with two attached hydrogens (primary N) is 1. The van der Waals surface area contributed by atoms with Gasteiger partial charge in [-0.2, -0.15) is 0 Å². The molecule has 0 saturated carbocycles. The molecule has 0 fully saturated rings. The van der Waals surface area contributed by atoms with Crippen LogP contribution >= 0.6 is 24.0 Å². The number of nitrogens with one attached hydrogen (secondary N) is 1. The van der Waals surface area contributed by atoms with E-state index in [-0.39, 0.29) is 48.1 Å². The first-order valence-electron chi connectivity index (χ1n) is 8.63. The molecular weight excluding hydrogens is 500 g/mol. The fourth-order valence-corrected chi connectivity index (χ4v) is 2.96. The Morgan fingerprint density at radius 1 is 1.17 bits per heavy atom. The molecule has 0 unspecified atom stereocenters. The minimum atomic E-state index is -4.75. The lowest BCUT2D eigenvalue weighted by molar-refractivity contribution is -0.274. The van der Waals surface area contributed by atoms with E-state index in [1.54, 1.807) is 4.90 Å². The van der Waals surface area contributed by atoms with E-state index in [1.165, 1.54) is 12.1 Å². The van der Waals surface area contributed by atoms with E-state index in [1.807, 2.05) is 24.3 Å².